The van der Waals surface area contributed by atoms with Crippen LogP contribution in [0.1, 0.15) is 25.0 Å². The number of aliphatic imine (C=N–C) groups is 1. The molecule has 0 saturated heterocycles. The molecule has 0 aliphatic heterocycles. The van der Waals surface area contributed by atoms with Crippen molar-refractivity contribution < 1.29 is 9.84 Å². The van der Waals surface area contributed by atoms with Gasteiger partial charge >= 0.3 is 0 Å². The second-order valence-electron chi connectivity index (χ2n) is 5.89. The van der Waals surface area contributed by atoms with E-state index < -0.39 is 0 Å². The minimum Gasteiger partial charge on any atom is -0.489 e. The maximum absolute atomic E-state index is 9.42. The first kappa shape index (κ1) is 20.1. The Balaban J connectivity index is 1.91. The number of guanidine groups is 1. The zero-order valence-corrected chi connectivity index (χ0v) is 16.0. The third-order valence-corrected chi connectivity index (χ3v) is 4.00. The third-order valence-electron chi connectivity index (χ3n) is 3.75. The molecule has 0 spiro atoms. The molecule has 0 aliphatic rings. The Hall–Kier alpha value is -2.24. The van der Waals surface area contributed by atoms with E-state index in [9.17, 15) is 5.11 Å². The van der Waals surface area contributed by atoms with E-state index in [-0.39, 0.29) is 12.7 Å². The van der Waals surface area contributed by atoms with Gasteiger partial charge in [-0.3, -0.25) is 0 Å². The lowest BCUT2D eigenvalue weighted by Crippen LogP contribution is -2.41. The normalized spacial score (nSPS) is 12.5. The molecule has 1 atom stereocenters. The molecular formula is C20H26ClN3O2. The summed E-state index contributed by atoms with van der Waals surface area (Å²) in [7, 11) is 0. The molecule has 0 aromatic heterocycles. The molecule has 140 valence electrons. The molecule has 1 unspecified atom stereocenters. The summed E-state index contributed by atoms with van der Waals surface area (Å²) in [5.74, 6) is 1.49. The number of nitrogens with one attached hydrogen (secondary N) is 2. The topological polar surface area (TPSA) is 65.9 Å². The maximum atomic E-state index is 9.42. The standard InChI is InChI=1S/C20H26ClN3O2/c1-3-22-20(24-13-16-6-4-5-7-17(16)14-25)23-12-15(2)26-19-10-8-18(21)9-11-19/h4-11,15,25H,3,12-14H2,1-2H3,(H2,22,23,24). The molecule has 3 N–H and O–H groups in total. The van der Waals surface area contributed by atoms with Crippen molar-refractivity contribution in [3.05, 3.63) is 64.7 Å². The fraction of sp³-hybridized carbons (Fsp3) is 0.350. The molecule has 0 heterocycles. The first-order valence-electron chi connectivity index (χ1n) is 8.74. The molecule has 0 bridgehead atoms. The fourth-order valence-electron chi connectivity index (χ4n) is 2.40. The number of hydrogen-bond donors (Lipinski definition) is 3. The Kier molecular flexibility index (Phi) is 8.25. The van der Waals surface area contributed by atoms with Crippen LogP contribution in [0.3, 0.4) is 0 Å². The highest BCUT2D eigenvalue weighted by Crippen LogP contribution is 2.16. The van der Waals surface area contributed by atoms with Gasteiger partial charge in [0.1, 0.15) is 11.9 Å². The van der Waals surface area contributed by atoms with Crippen LogP contribution in [0, 0.1) is 0 Å². The van der Waals surface area contributed by atoms with Gasteiger partial charge in [0, 0.05) is 11.6 Å². The van der Waals surface area contributed by atoms with Gasteiger partial charge in [-0.2, -0.15) is 0 Å². The Morgan fingerprint density at radius 1 is 1.12 bits per heavy atom. The average molecular weight is 376 g/mol. The summed E-state index contributed by atoms with van der Waals surface area (Å²) in [6, 6.07) is 15.1. The zero-order valence-electron chi connectivity index (χ0n) is 15.2. The number of aliphatic hydroxyl groups excluding tert-OH is 1. The van der Waals surface area contributed by atoms with Crippen molar-refractivity contribution in [3.63, 3.8) is 0 Å². The van der Waals surface area contributed by atoms with E-state index in [4.69, 9.17) is 16.3 Å². The van der Waals surface area contributed by atoms with Gasteiger partial charge in [-0.25, -0.2) is 4.99 Å². The summed E-state index contributed by atoms with van der Waals surface area (Å²) in [6.07, 6.45) is -0.0373. The predicted molar refractivity (Wildman–Crippen MR) is 107 cm³/mol. The van der Waals surface area contributed by atoms with Crippen LogP contribution in [0.25, 0.3) is 0 Å². The fourth-order valence-corrected chi connectivity index (χ4v) is 2.53. The smallest absolute Gasteiger partial charge is 0.191 e. The van der Waals surface area contributed by atoms with E-state index in [2.05, 4.69) is 15.6 Å². The first-order valence-corrected chi connectivity index (χ1v) is 9.12. The average Bonchev–Trinajstić information content (AvgIpc) is 2.66. The molecule has 0 radical (unpaired) electrons. The van der Waals surface area contributed by atoms with Gasteiger partial charge in [0.25, 0.3) is 0 Å². The Morgan fingerprint density at radius 2 is 1.81 bits per heavy atom. The summed E-state index contributed by atoms with van der Waals surface area (Å²) >= 11 is 5.89. The van der Waals surface area contributed by atoms with E-state index >= 15 is 0 Å². The maximum Gasteiger partial charge on any atom is 0.191 e. The van der Waals surface area contributed by atoms with Gasteiger partial charge in [0.2, 0.25) is 0 Å². The van der Waals surface area contributed by atoms with E-state index in [0.29, 0.717) is 24.1 Å². The lowest BCUT2D eigenvalue weighted by atomic mass is 10.1. The molecule has 26 heavy (non-hydrogen) atoms. The number of aliphatic hydroxyl groups is 1. The number of nitrogens with zero attached hydrogens (tertiary/aromatic N) is 1. The number of hydrogen-bond acceptors (Lipinski definition) is 3. The zero-order chi connectivity index (χ0) is 18.8. The highest BCUT2D eigenvalue weighted by molar-refractivity contribution is 6.30. The molecule has 2 aromatic rings. The quantitative estimate of drug-likeness (QED) is 0.489. The molecule has 2 aromatic carbocycles. The van der Waals surface area contributed by atoms with Crippen LogP contribution >= 0.6 is 11.6 Å². The second kappa shape index (κ2) is 10.7. The van der Waals surface area contributed by atoms with E-state index in [0.717, 1.165) is 23.4 Å². The molecular weight excluding hydrogens is 350 g/mol. The molecule has 0 aliphatic carbocycles. The van der Waals surface area contributed by atoms with Crippen LogP contribution in [0.2, 0.25) is 5.02 Å². The van der Waals surface area contributed by atoms with E-state index in [1.807, 2.05) is 50.2 Å². The van der Waals surface area contributed by atoms with Crippen molar-refractivity contribution in [1.29, 1.82) is 0 Å². The molecule has 0 amide bonds. The van der Waals surface area contributed by atoms with Gasteiger partial charge in [-0.1, -0.05) is 35.9 Å². The lowest BCUT2D eigenvalue weighted by Gasteiger charge is -2.18. The molecule has 5 nitrogen and oxygen atoms in total. The van der Waals surface area contributed by atoms with Crippen molar-refractivity contribution in [2.75, 3.05) is 13.1 Å². The van der Waals surface area contributed by atoms with Crippen molar-refractivity contribution in [2.24, 2.45) is 4.99 Å². The van der Waals surface area contributed by atoms with Gasteiger partial charge < -0.3 is 20.5 Å². The third kappa shape index (κ3) is 6.58. The summed E-state index contributed by atoms with van der Waals surface area (Å²) in [4.78, 5) is 4.59. The van der Waals surface area contributed by atoms with E-state index in [1.165, 1.54) is 0 Å². The van der Waals surface area contributed by atoms with Gasteiger partial charge in [0.05, 0.1) is 19.7 Å². The molecule has 0 fully saturated rings. The lowest BCUT2D eigenvalue weighted by molar-refractivity contribution is 0.224. The summed E-state index contributed by atoms with van der Waals surface area (Å²) in [5, 5.41) is 16.6. The number of benzene rings is 2. The van der Waals surface area contributed by atoms with E-state index in [1.54, 1.807) is 12.1 Å². The molecule has 2 rings (SSSR count). The highest BCUT2D eigenvalue weighted by Gasteiger charge is 2.06. The Morgan fingerprint density at radius 3 is 2.46 bits per heavy atom. The second-order valence-corrected chi connectivity index (χ2v) is 6.32. The SMILES string of the molecule is CCNC(=NCc1ccccc1CO)NCC(C)Oc1ccc(Cl)cc1. The van der Waals surface area contributed by atoms with Crippen molar-refractivity contribution >= 4 is 17.6 Å². The van der Waals surface area contributed by atoms with Crippen LogP contribution < -0.4 is 15.4 Å². The monoisotopic (exact) mass is 375 g/mol. The minimum atomic E-state index is -0.0373. The van der Waals surface area contributed by atoms with Gasteiger partial charge in [-0.15, -0.1) is 0 Å². The summed E-state index contributed by atoms with van der Waals surface area (Å²) in [5.41, 5.74) is 1.91. The Labute approximate surface area is 160 Å². The number of rotatable bonds is 8. The minimum absolute atomic E-state index is 0.0155. The van der Waals surface area contributed by atoms with Crippen LogP contribution in [-0.2, 0) is 13.2 Å². The van der Waals surface area contributed by atoms with Crippen molar-refractivity contribution in [3.8, 4) is 5.75 Å². The number of halogens is 1. The molecule has 6 heteroatoms. The largest absolute Gasteiger partial charge is 0.489 e. The van der Waals surface area contributed by atoms with Crippen molar-refractivity contribution in [2.45, 2.75) is 33.1 Å². The Bertz CT molecular complexity index is 704. The van der Waals surface area contributed by atoms with Gasteiger partial charge in [-0.05, 0) is 49.2 Å². The van der Waals surface area contributed by atoms with Gasteiger partial charge in [0.15, 0.2) is 5.96 Å². The summed E-state index contributed by atoms with van der Waals surface area (Å²) < 4.78 is 5.86. The van der Waals surface area contributed by atoms with Crippen LogP contribution in [0.15, 0.2) is 53.5 Å². The molecule has 0 saturated carbocycles. The highest BCUT2D eigenvalue weighted by atomic mass is 35.5. The van der Waals surface area contributed by atoms with Crippen molar-refractivity contribution in [1.82, 2.24) is 10.6 Å². The van der Waals surface area contributed by atoms with Crippen LogP contribution in [-0.4, -0.2) is 30.3 Å². The summed E-state index contributed by atoms with van der Waals surface area (Å²) in [6.45, 7) is 5.90. The first-order chi connectivity index (χ1) is 12.6. The van der Waals surface area contributed by atoms with Crippen LogP contribution in [0.4, 0.5) is 0 Å². The number of ether oxygens (including phenoxy) is 1. The predicted octanol–water partition coefficient (Wildman–Crippen LogP) is 3.35. The van der Waals surface area contributed by atoms with Crippen LogP contribution in [0.5, 0.6) is 5.75 Å².